The van der Waals surface area contributed by atoms with E-state index in [1.165, 1.54) is 11.3 Å². The number of thiophene rings is 1. The molecule has 3 rings (SSSR count). The third-order valence-corrected chi connectivity index (χ3v) is 5.19. The number of furan rings is 1. The average Bonchev–Trinajstić information content (AvgIpc) is 3.24. The van der Waals surface area contributed by atoms with Gasteiger partial charge in [-0.15, -0.1) is 11.3 Å². The highest BCUT2D eigenvalue weighted by Gasteiger charge is 2.18. The zero-order valence-corrected chi connectivity index (χ0v) is 16.0. The first-order valence-corrected chi connectivity index (χ1v) is 9.54. The highest BCUT2D eigenvalue weighted by atomic mass is 32.1. The summed E-state index contributed by atoms with van der Waals surface area (Å²) in [4.78, 5) is 35.7. The molecule has 0 aliphatic rings. The monoisotopic (exact) mass is 375 g/mol. The standard InChI is InChI=1S/C18H22N4O3S/c1-4-22(5-2)15(23)10-21(3)9-14-19-17(24)16-12(11-26-18(16)20-14)13-7-6-8-25-13/h6-8,11H,4-5,9-10H2,1-3H3,(H,19,20,24)/p+1. The van der Waals surface area contributed by atoms with Crippen molar-refractivity contribution in [3.05, 3.63) is 40.0 Å². The van der Waals surface area contributed by atoms with Crippen molar-refractivity contribution < 1.29 is 14.1 Å². The van der Waals surface area contributed by atoms with Crippen LogP contribution in [0.3, 0.4) is 0 Å². The minimum Gasteiger partial charge on any atom is -0.464 e. The second-order valence-corrected chi connectivity index (χ2v) is 7.05. The first-order valence-electron chi connectivity index (χ1n) is 8.66. The molecule has 0 bridgehead atoms. The largest absolute Gasteiger partial charge is 0.464 e. The lowest BCUT2D eigenvalue weighted by atomic mass is 10.2. The molecule has 8 heteroatoms. The molecule has 0 saturated heterocycles. The summed E-state index contributed by atoms with van der Waals surface area (Å²) < 4.78 is 5.40. The molecule has 1 unspecified atom stereocenters. The van der Waals surface area contributed by atoms with Crippen molar-refractivity contribution >= 4 is 27.5 Å². The van der Waals surface area contributed by atoms with Crippen molar-refractivity contribution in [1.29, 1.82) is 0 Å². The minimum absolute atomic E-state index is 0.104. The van der Waals surface area contributed by atoms with Crippen molar-refractivity contribution in [3.8, 4) is 11.3 Å². The van der Waals surface area contributed by atoms with Crippen LogP contribution in [-0.4, -0.2) is 47.5 Å². The van der Waals surface area contributed by atoms with E-state index in [1.54, 1.807) is 17.2 Å². The van der Waals surface area contributed by atoms with E-state index in [-0.39, 0.29) is 11.5 Å². The molecule has 1 amide bonds. The molecule has 7 nitrogen and oxygen atoms in total. The van der Waals surface area contributed by atoms with E-state index in [0.717, 1.165) is 10.5 Å². The number of amides is 1. The number of nitrogens with one attached hydrogen (secondary N) is 2. The van der Waals surface area contributed by atoms with Crippen LogP contribution in [0.5, 0.6) is 0 Å². The number of aromatic nitrogens is 2. The fraction of sp³-hybridized carbons (Fsp3) is 0.389. The van der Waals surface area contributed by atoms with E-state index >= 15 is 0 Å². The number of likely N-dealkylation sites (N-methyl/N-ethyl adjacent to an activating group) is 2. The Balaban J connectivity index is 1.80. The fourth-order valence-corrected chi connectivity index (χ4v) is 3.93. The minimum atomic E-state index is -0.180. The Morgan fingerprint density at radius 3 is 2.81 bits per heavy atom. The van der Waals surface area contributed by atoms with Gasteiger partial charge in [-0.05, 0) is 26.0 Å². The van der Waals surface area contributed by atoms with Crippen molar-refractivity contribution in [2.45, 2.75) is 20.4 Å². The van der Waals surface area contributed by atoms with Gasteiger partial charge in [-0.1, -0.05) is 0 Å². The lowest BCUT2D eigenvalue weighted by Crippen LogP contribution is -3.09. The Kier molecular flexibility index (Phi) is 5.53. The Labute approximate surface area is 155 Å². The van der Waals surface area contributed by atoms with Gasteiger partial charge in [0, 0.05) is 24.0 Å². The molecule has 0 radical (unpaired) electrons. The molecule has 2 N–H and O–H groups in total. The van der Waals surface area contributed by atoms with Crippen LogP contribution in [0.15, 0.2) is 33.0 Å². The van der Waals surface area contributed by atoms with Crippen LogP contribution < -0.4 is 10.5 Å². The Hall–Kier alpha value is -2.45. The summed E-state index contributed by atoms with van der Waals surface area (Å²) in [6.07, 6.45) is 1.58. The molecule has 3 aromatic rings. The number of hydrogen-bond donors (Lipinski definition) is 2. The third kappa shape index (κ3) is 3.71. The molecule has 0 saturated carbocycles. The van der Waals surface area contributed by atoms with Gasteiger partial charge in [0.25, 0.3) is 11.5 Å². The third-order valence-electron chi connectivity index (χ3n) is 4.32. The van der Waals surface area contributed by atoms with Crippen LogP contribution in [0.4, 0.5) is 0 Å². The topological polar surface area (TPSA) is 83.6 Å². The summed E-state index contributed by atoms with van der Waals surface area (Å²) in [6.45, 7) is 6.19. The van der Waals surface area contributed by atoms with Gasteiger partial charge >= 0.3 is 0 Å². The number of aromatic amines is 1. The molecule has 0 aliphatic carbocycles. The summed E-state index contributed by atoms with van der Waals surface area (Å²) in [6, 6.07) is 3.62. The van der Waals surface area contributed by atoms with E-state index in [0.29, 0.717) is 48.0 Å². The number of nitrogens with zero attached hydrogens (tertiary/aromatic N) is 2. The van der Waals surface area contributed by atoms with Gasteiger partial charge in [0.1, 0.15) is 17.1 Å². The highest BCUT2D eigenvalue weighted by molar-refractivity contribution is 7.17. The summed E-state index contributed by atoms with van der Waals surface area (Å²) in [5, 5.41) is 2.43. The number of quaternary nitrogens is 1. The maximum absolute atomic E-state index is 12.6. The molecule has 0 fully saturated rings. The second-order valence-electron chi connectivity index (χ2n) is 6.20. The number of H-pyrrole nitrogens is 1. The Morgan fingerprint density at radius 1 is 1.38 bits per heavy atom. The fourth-order valence-electron chi connectivity index (χ4n) is 2.98. The van der Waals surface area contributed by atoms with Crippen molar-refractivity contribution in [1.82, 2.24) is 14.9 Å². The quantitative estimate of drug-likeness (QED) is 0.648. The van der Waals surface area contributed by atoms with Gasteiger partial charge < -0.3 is 19.2 Å². The highest BCUT2D eigenvalue weighted by Crippen LogP contribution is 2.30. The molecule has 0 aliphatic heterocycles. The van der Waals surface area contributed by atoms with E-state index in [2.05, 4.69) is 9.97 Å². The van der Waals surface area contributed by atoms with Gasteiger partial charge in [0.05, 0.1) is 18.7 Å². The zero-order valence-electron chi connectivity index (χ0n) is 15.2. The maximum Gasteiger partial charge on any atom is 0.277 e. The summed E-state index contributed by atoms with van der Waals surface area (Å²) in [5.74, 6) is 1.34. The zero-order chi connectivity index (χ0) is 18.7. The normalized spacial score (nSPS) is 12.4. The molecule has 138 valence electrons. The van der Waals surface area contributed by atoms with Crippen LogP contribution in [0, 0.1) is 0 Å². The first-order chi connectivity index (χ1) is 12.5. The summed E-state index contributed by atoms with van der Waals surface area (Å²) >= 11 is 1.42. The van der Waals surface area contributed by atoms with Crippen molar-refractivity contribution in [2.24, 2.45) is 0 Å². The predicted molar refractivity (Wildman–Crippen MR) is 101 cm³/mol. The van der Waals surface area contributed by atoms with Crippen LogP contribution in [-0.2, 0) is 11.3 Å². The molecule has 3 heterocycles. The SMILES string of the molecule is CCN(CC)C(=O)C[NH+](C)Cc1nc2scc(-c3ccco3)c2c(=O)[nH]1. The lowest BCUT2D eigenvalue weighted by molar-refractivity contribution is -0.886. The van der Waals surface area contributed by atoms with Crippen molar-refractivity contribution in [3.63, 3.8) is 0 Å². The van der Waals surface area contributed by atoms with Gasteiger partial charge in [0.15, 0.2) is 12.4 Å². The predicted octanol–water partition coefficient (Wildman–Crippen LogP) is 1.13. The Morgan fingerprint density at radius 2 is 2.15 bits per heavy atom. The molecule has 0 aromatic carbocycles. The van der Waals surface area contributed by atoms with Gasteiger partial charge in [-0.3, -0.25) is 9.59 Å². The molecule has 1 atom stereocenters. The first kappa shape index (κ1) is 18.3. The molecular formula is C18H23N4O3S+. The molecule has 3 aromatic heterocycles. The van der Waals surface area contributed by atoms with E-state index < -0.39 is 0 Å². The summed E-state index contributed by atoms with van der Waals surface area (Å²) in [7, 11) is 1.92. The van der Waals surface area contributed by atoms with Gasteiger partial charge in [0.2, 0.25) is 0 Å². The van der Waals surface area contributed by atoms with Crippen molar-refractivity contribution in [2.75, 3.05) is 26.7 Å². The van der Waals surface area contributed by atoms with E-state index in [4.69, 9.17) is 4.42 Å². The summed E-state index contributed by atoms with van der Waals surface area (Å²) in [5.41, 5.74) is 0.577. The molecular weight excluding hydrogens is 352 g/mol. The van der Waals surface area contributed by atoms with Crippen LogP contribution in [0.25, 0.3) is 21.5 Å². The Bertz CT molecular complexity index is 941. The molecule has 26 heavy (non-hydrogen) atoms. The van der Waals surface area contributed by atoms with E-state index in [1.807, 2.05) is 32.3 Å². The second kappa shape index (κ2) is 7.84. The number of carbonyl (C=O) groups excluding carboxylic acids is 1. The number of hydrogen-bond acceptors (Lipinski definition) is 5. The average molecular weight is 375 g/mol. The van der Waals surface area contributed by atoms with Crippen LogP contribution in [0.1, 0.15) is 19.7 Å². The lowest BCUT2D eigenvalue weighted by Gasteiger charge is -2.20. The smallest absolute Gasteiger partial charge is 0.277 e. The van der Waals surface area contributed by atoms with E-state index in [9.17, 15) is 9.59 Å². The number of fused-ring (bicyclic) bond motifs is 1. The van der Waals surface area contributed by atoms with Crippen LogP contribution >= 0.6 is 11.3 Å². The van der Waals surface area contributed by atoms with Gasteiger partial charge in [-0.2, -0.15) is 0 Å². The number of carbonyl (C=O) groups is 1. The molecule has 0 spiro atoms. The maximum atomic E-state index is 12.6. The number of rotatable bonds is 7. The van der Waals surface area contributed by atoms with Gasteiger partial charge in [-0.25, -0.2) is 4.98 Å². The van der Waals surface area contributed by atoms with Crippen LogP contribution in [0.2, 0.25) is 0 Å².